The smallest absolute Gasteiger partial charge is 0.330 e. The molecule has 0 aromatic heterocycles. The fourth-order valence-electron chi connectivity index (χ4n) is 2.55. The van der Waals surface area contributed by atoms with Crippen molar-refractivity contribution in [3.05, 3.63) is 25.3 Å². The molecule has 1 amide bonds. The van der Waals surface area contributed by atoms with Crippen LogP contribution in [0.5, 0.6) is 0 Å². The maximum atomic E-state index is 11.1. The Bertz CT molecular complexity index is 338. The lowest BCUT2D eigenvalue weighted by atomic mass is 9.80. The van der Waals surface area contributed by atoms with E-state index in [0.717, 1.165) is 19.3 Å². The topological polar surface area (TPSA) is 55.4 Å². The summed E-state index contributed by atoms with van der Waals surface area (Å²) in [5.74, 6) is 0.641. The number of hydrogen-bond acceptors (Lipinski definition) is 3. The van der Waals surface area contributed by atoms with Gasteiger partial charge in [0.2, 0.25) is 5.91 Å². The van der Waals surface area contributed by atoms with Crippen molar-refractivity contribution in [2.75, 3.05) is 13.2 Å². The maximum absolute atomic E-state index is 11.1. The summed E-state index contributed by atoms with van der Waals surface area (Å²) in [5.41, 5.74) is 0. The van der Waals surface area contributed by atoms with Gasteiger partial charge in [0.1, 0.15) is 0 Å². The van der Waals surface area contributed by atoms with Gasteiger partial charge in [-0.05, 0) is 37.2 Å². The second kappa shape index (κ2) is 8.51. The van der Waals surface area contributed by atoms with Gasteiger partial charge in [-0.3, -0.25) is 4.79 Å². The molecule has 0 bridgehead atoms. The fraction of sp³-hybridized carbons (Fsp3) is 0.600. The standard InChI is InChI=1S/C15H23NO3/c1-3-14(17)16-11-13-7-5-6-12(10-13)8-9-19-15(18)4-2/h3-4,12-13H,1-2,5-11H2,(H,16,17). The normalized spacial score (nSPS) is 22.3. The highest BCUT2D eigenvalue weighted by Crippen LogP contribution is 2.30. The van der Waals surface area contributed by atoms with Crippen LogP contribution in [0.1, 0.15) is 32.1 Å². The molecule has 1 rings (SSSR count). The molecule has 0 heterocycles. The van der Waals surface area contributed by atoms with Crippen LogP contribution in [0, 0.1) is 11.8 Å². The molecule has 0 spiro atoms. The first-order chi connectivity index (χ1) is 9.15. The highest BCUT2D eigenvalue weighted by Gasteiger charge is 2.22. The van der Waals surface area contributed by atoms with Gasteiger partial charge in [-0.1, -0.05) is 26.0 Å². The first-order valence-corrected chi connectivity index (χ1v) is 6.85. The Labute approximate surface area is 114 Å². The molecule has 0 radical (unpaired) electrons. The lowest BCUT2D eigenvalue weighted by molar-refractivity contribution is -0.138. The van der Waals surface area contributed by atoms with E-state index in [-0.39, 0.29) is 11.9 Å². The number of hydrogen-bond donors (Lipinski definition) is 1. The average molecular weight is 265 g/mol. The number of rotatable bonds is 7. The van der Waals surface area contributed by atoms with Crippen molar-refractivity contribution in [3.63, 3.8) is 0 Å². The van der Waals surface area contributed by atoms with E-state index in [1.165, 1.54) is 25.0 Å². The largest absolute Gasteiger partial charge is 0.463 e. The summed E-state index contributed by atoms with van der Waals surface area (Å²) in [7, 11) is 0. The summed E-state index contributed by atoms with van der Waals surface area (Å²) in [5, 5.41) is 2.85. The molecule has 19 heavy (non-hydrogen) atoms. The zero-order chi connectivity index (χ0) is 14.1. The number of carbonyl (C=O) groups is 2. The molecule has 2 unspecified atom stereocenters. The molecule has 1 saturated carbocycles. The number of amides is 1. The summed E-state index contributed by atoms with van der Waals surface area (Å²) >= 11 is 0. The quantitative estimate of drug-likeness (QED) is 0.567. The van der Waals surface area contributed by atoms with E-state index >= 15 is 0 Å². The summed E-state index contributed by atoms with van der Waals surface area (Å²) in [6.07, 6.45) is 7.98. The molecule has 0 aromatic carbocycles. The first kappa shape index (κ1) is 15.5. The monoisotopic (exact) mass is 265 g/mol. The molecule has 4 heteroatoms. The van der Waals surface area contributed by atoms with E-state index < -0.39 is 0 Å². The fourth-order valence-corrected chi connectivity index (χ4v) is 2.55. The van der Waals surface area contributed by atoms with Gasteiger partial charge in [0.05, 0.1) is 6.61 Å². The van der Waals surface area contributed by atoms with E-state index in [4.69, 9.17) is 4.74 Å². The van der Waals surface area contributed by atoms with Gasteiger partial charge in [0.15, 0.2) is 0 Å². The second-order valence-electron chi connectivity index (χ2n) is 5.01. The summed E-state index contributed by atoms with van der Waals surface area (Å²) in [6.45, 7) is 7.98. The molecule has 1 aliphatic rings. The first-order valence-electron chi connectivity index (χ1n) is 6.85. The molecule has 0 aromatic rings. The lowest BCUT2D eigenvalue weighted by Gasteiger charge is -2.29. The Morgan fingerprint density at radius 2 is 1.95 bits per heavy atom. The lowest BCUT2D eigenvalue weighted by Crippen LogP contribution is -2.30. The zero-order valence-electron chi connectivity index (χ0n) is 11.4. The molecule has 1 fully saturated rings. The number of nitrogens with one attached hydrogen (secondary N) is 1. The van der Waals surface area contributed by atoms with Gasteiger partial charge in [0, 0.05) is 12.6 Å². The van der Waals surface area contributed by atoms with Gasteiger partial charge < -0.3 is 10.1 Å². The highest BCUT2D eigenvalue weighted by atomic mass is 16.5. The zero-order valence-corrected chi connectivity index (χ0v) is 11.4. The van der Waals surface area contributed by atoms with Gasteiger partial charge in [-0.15, -0.1) is 0 Å². The van der Waals surface area contributed by atoms with Crippen molar-refractivity contribution in [2.24, 2.45) is 11.8 Å². The Morgan fingerprint density at radius 3 is 2.63 bits per heavy atom. The van der Waals surface area contributed by atoms with Crippen molar-refractivity contribution >= 4 is 11.9 Å². The second-order valence-corrected chi connectivity index (χ2v) is 5.01. The van der Waals surface area contributed by atoms with E-state index in [1.807, 2.05) is 0 Å². The number of ether oxygens (including phenoxy) is 1. The van der Waals surface area contributed by atoms with Crippen LogP contribution < -0.4 is 5.32 Å². The predicted octanol–water partition coefficient (Wildman–Crippen LogP) is 2.21. The molecule has 4 nitrogen and oxygen atoms in total. The minimum absolute atomic E-state index is 0.109. The molecule has 2 atom stereocenters. The van der Waals surface area contributed by atoms with Crippen molar-refractivity contribution in [3.8, 4) is 0 Å². The maximum Gasteiger partial charge on any atom is 0.330 e. The number of esters is 1. The van der Waals surface area contributed by atoms with Gasteiger partial charge in [-0.2, -0.15) is 0 Å². The molecule has 1 N–H and O–H groups in total. The van der Waals surface area contributed by atoms with Gasteiger partial charge >= 0.3 is 5.97 Å². The van der Waals surface area contributed by atoms with E-state index in [0.29, 0.717) is 25.0 Å². The van der Waals surface area contributed by atoms with Crippen molar-refractivity contribution in [1.82, 2.24) is 5.32 Å². The van der Waals surface area contributed by atoms with E-state index in [1.54, 1.807) is 0 Å². The SMILES string of the molecule is C=CC(=O)NCC1CCCC(CCOC(=O)C=C)C1. The van der Waals surface area contributed by atoms with Crippen LogP contribution in [-0.4, -0.2) is 25.0 Å². The van der Waals surface area contributed by atoms with Crippen LogP contribution in [0.15, 0.2) is 25.3 Å². The van der Waals surface area contributed by atoms with Gasteiger partial charge in [-0.25, -0.2) is 4.79 Å². The third kappa shape index (κ3) is 6.22. The van der Waals surface area contributed by atoms with Gasteiger partial charge in [0.25, 0.3) is 0 Å². The molecule has 0 saturated heterocycles. The van der Waals surface area contributed by atoms with Crippen LogP contribution in [0.4, 0.5) is 0 Å². The van der Waals surface area contributed by atoms with Crippen LogP contribution >= 0.6 is 0 Å². The van der Waals surface area contributed by atoms with Crippen LogP contribution in [0.2, 0.25) is 0 Å². The molecule has 106 valence electrons. The summed E-state index contributed by atoms with van der Waals surface area (Å²) < 4.78 is 5.00. The van der Waals surface area contributed by atoms with Crippen molar-refractivity contribution in [2.45, 2.75) is 32.1 Å². The summed E-state index contributed by atoms with van der Waals surface area (Å²) in [4.78, 5) is 22.1. The Kier molecular flexibility index (Phi) is 6.93. The summed E-state index contributed by atoms with van der Waals surface area (Å²) in [6, 6.07) is 0. The molecular formula is C15H23NO3. The Balaban J connectivity index is 2.22. The Morgan fingerprint density at radius 1 is 1.21 bits per heavy atom. The predicted molar refractivity (Wildman–Crippen MR) is 74.4 cm³/mol. The van der Waals surface area contributed by atoms with Crippen LogP contribution in [0.3, 0.4) is 0 Å². The highest BCUT2D eigenvalue weighted by molar-refractivity contribution is 5.86. The van der Waals surface area contributed by atoms with E-state index in [9.17, 15) is 9.59 Å². The Hall–Kier alpha value is -1.58. The minimum Gasteiger partial charge on any atom is -0.463 e. The third-order valence-corrected chi connectivity index (χ3v) is 3.58. The third-order valence-electron chi connectivity index (χ3n) is 3.58. The van der Waals surface area contributed by atoms with Crippen LogP contribution in [-0.2, 0) is 14.3 Å². The minimum atomic E-state index is -0.356. The average Bonchev–Trinajstić information content (AvgIpc) is 2.45. The van der Waals surface area contributed by atoms with Crippen molar-refractivity contribution < 1.29 is 14.3 Å². The van der Waals surface area contributed by atoms with E-state index in [2.05, 4.69) is 18.5 Å². The van der Waals surface area contributed by atoms with Crippen LogP contribution in [0.25, 0.3) is 0 Å². The molecule has 0 aliphatic heterocycles. The van der Waals surface area contributed by atoms with Crippen molar-refractivity contribution in [1.29, 1.82) is 0 Å². The molecular weight excluding hydrogens is 242 g/mol. The molecule has 1 aliphatic carbocycles. The number of carbonyl (C=O) groups excluding carboxylic acids is 2.